The van der Waals surface area contributed by atoms with Crippen molar-refractivity contribution in [2.75, 3.05) is 39.6 Å². The monoisotopic (exact) mass is 642 g/mol. The summed E-state index contributed by atoms with van der Waals surface area (Å²) in [6.45, 7) is 7.86. The first-order chi connectivity index (χ1) is 22.2. The molecule has 0 aliphatic heterocycles. The van der Waals surface area contributed by atoms with Crippen LogP contribution < -0.4 is 9.47 Å². The normalized spacial score (nSPS) is 15.8. The summed E-state index contributed by atoms with van der Waals surface area (Å²) < 4.78 is 46.7. The maximum absolute atomic E-state index is 12.4. The van der Waals surface area contributed by atoms with Crippen LogP contribution in [0.2, 0.25) is 0 Å². The van der Waals surface area contributed by atoms with E-state index in [0.717, 1.165) is 55.7 Å². The second kappa shape index (κ2) is 18.8. The molecule has 0 aromatic heterocycles. The molecule has 46 heavy (non-hydrogen) atoms. The van der Waals surface area contributed by atoms with Crippen molar-refractivity contribution in [2.24, 2.45) is 5.92 Å². The van der Waals surface area contributed by atoms with E-state index < -0.39 is 31.2 Å². The number of esters is 2. The Bertz CT molecular complexity index is 1370. The molecular formula is C36H44F2O8. The van der Waals surface area contributed by atoms with Crippen LogP contribution in [0.15, 0.2) is 72.9 Å². The quantitative estimate of drug-likeness (QED) is 0.105. The summed E-state index contributed by atoms with van der Waals surface area (Å²) in [4.78, 5) is 23.6. The molecular weight excluding hydrogens is 598 g/mol. The number of hydrogen-bond donors (Lipinski definition) is 2. The average Bonchev–Trinajstić information content (AvgIpc) is 3.07. The van der Waals surface area contributed by atoms with E-state index in [1.54, 1.807) is 6.07 Å². The van der Waals surface area contributed by atoms with Crippen molar-refractivity contribution in [1.82, 2.24) is 0 Å². The molecule has 0 unspecified atom stereocenters. The fourth-order valence-electron chi connectivity index (χ4n) is 5.47. The molecule has 0 heterocycles. The number of rotatable bonds is 18. The Labute approximate surface area is 269 Å². The van der Waals surface area contributed by atoms with Crippen LogP contribution in [0, 0.1) is 5.92 Å². The summed E-state index contributed by atoms with van der Waals surface area (Å²) in [5, 5.41) is 18.1. The zero-order valence-corrected chi connectivity index (χ0v) is 26.4. The van der Waals surface area contributed by atoms with Gasteiger partial charge in [-0.25, -0.2) is 9.59 Å². The number of aryl methyl sites for hydroxylation is 1. The smallest absolute Gasteiger partial charge is 0.335 e. The van der Waals surface area contributed by atoms with Gasteiger partial charge in [-0.3, -0.25) is 0 Å². The van der Waals surface area contributed by atoms with E-state index in [-0.39, 0.29) is 37.6 Å². The van der Waals surface area contributed by atoms with Crippen LogP contribution in [-0.2, 0) is 25.5 Å². The van der Waals surface area contributed by atoms with Crippen LogP contribution >= 0.6 is 0 Å². The first kappa shape index (κ1) is 36.4. The van der Waals surface area contributed by atoms with Gasteiger partial charge in [0.05, 0.1) is 24.4 Å². The highest BCUT2D eigenvalue weighted by Gasteiger charge is 2.23. The third kappa shape index (κ3) is 11.1. The lowest BCUT2D eigenvalue weighted by atomic mass is 9.76. The predicted molar refractivity (Wildman–Crippen MR) is 171 cm³/mol. The van der Waals surface area contributed by atoms with Crippen molar-refractivity contribution in [2.45, 2.75) is 57.8 Å². The molecule has 10 heteroatoms. The average molecular weight is 643 g/mol. The van der Waals surface area contributed by atoms with Gasteiger partial charge in [0, 0.05) is 0 Å². The lowest BCUT2D eigenvalue weighted by Crippen LogP contribution is -2.16. The third-order valence-corrected chi connectivity index (χ3v) is 8.06. The van der Waals surface area contributed by atoms with Gasteiger partial charge in [0.15, 0.2) is 11.5 Å². The van der Waals surface area contributed by atoms with Crippen LogP contribution in [0.1, 0.15) is 62.5 Å². The standard InChI is InChI=1S/C36H44F2O8/c1-4-27-20-29(28-10-8-26(9-11-28)6-5-7-34(37)38)12-14-31(27)30-13-15-32(43-16-18-45-35(41)24(2)22-39)33(21-30)44-17-19-46-36(42)25(3)23-40/h7,12-15,20-21,26,28,39-40H,2-6,8-11,16-19,22-23H2,1H3. The molecule has 1 aliphatic rings. The number of carbonyl (C=O) groups excluding carboxylic acids is 2. The number of hydrogen-bond acceptors (Lipinski definition) is 8. The topological polar surface area (TPSA) is 112 Å². The fourth-order valence-corrected chi connectivity index (χ4v) is 5.47. The van der Waals surface area contributed by atoms with E-state index in [1.165, 1.54) is 11.1 Å². The molecule has 0 saturated heterocycles. The molecule has 0 radical (unpaired) electrons. The molecule has 2 aromatic rings. The van der Waals surface area contributed by atoms with E-state index in [2.05, 4.69) is 38.3 Å². The van der Waals surface area contributed by atoms with Gasteiger partial charge in [0.2, 0.25) is 0 Å². The Hall–Kier alpha value is -4.02. The largest absolute Gasteiger partial charge is 0.486 e. The summed E-state index contributed by atoms with van der Waals surface area (Å²) in [7, 11) is 0. The lowest BCUT2D eigenvalue weighted by molar-refractivity contribution is -0.141. The summed E-state index contributed by atoms with van der Waals surface area (Å²) in [6, 6.07) is 12.1. The zero-order valence-electron chi connectivity index (χ0n) is 26.4. The lowest BCUT2D eigenvalue weighted by Gasteiger charge is -2.29. The van der Waals surface area contributed by atoms with Gasteiger partial charge < -0.3 is 29.2 Å². The van der Waals surface area contributed by atoms with Crippen LogP contribution in [-0.4, -0.2) is 61.8 Å². The van der Waals surface area contributed by atoms with Gasteiger partial charge in [-0.15, -0.1) is 0 Å². The molecule has 0 amide bonds. The van der Waals surface area contributed by atoms with Crippen LogP contribution in [0.5, 0.6) is 11.5 Å². The van der Waals surface area contributed by atoms with Crippen molar-refractivity contribution < 1.29 is 47.5 Å². The highest BCUT2D eigenvalue weighted by Crippen LogP contribution is 2.40. The second-order valence-corrected chi connectivity index (χ2v) is 11.2. The first-order valence-corrected chi connectivity index (χ1v) is 15.6. The highest BCUT2D eigenvalue weighted by molar-refractivity contribution is 5.88. The molecule has 1 saturated carbocycles. The molecule has 2 N–H and O–H groups in total. The zero-order chi connectivity index (χ0) is 33.5. The van der Waals surface area contributed by atoms with Crippen molar-refractivity contribution in [3.63, 3.8) is 0 Å². The van der Waals surface area contributed by atoms with Crippen LogP contribution in [0.3, 0.4) is 0 Å². The molecule has 250 valence electrons. The summed E-state index contributed by atoms with van der Waals surface area (Å²) in [5.41, 5.74) is 4.29. The SMILES string of the molecule is C=C(CO)C(=O)OCCOc1ccc(-c2ccc(C3CCC(CCC=C(F)F)CC3)cc2CC)cc1OCCOC(=O)C(=C)CO. The number of ether oxygens (including phenoxy) is 4. The Morgan fingerprint density at radius 3 is 2.02 bits per heavy atom. The summed E-state index contributed by atoms with van der Waals surface area (Å²) in [6.07, 6.45) is 5.62. The van der Waals surface area contributed by atoms with E-state index in [4.69, 9.17) is 29.2 Å². The van der Waals surface area contributed by atoms with Crippen LogP contribution in [0.4, 0.5) is 8.78 Å². The van der Waals surface area contributed by atoms with Crippen LogP contribution in [0.25, 0.3) is 11.1 Å². The Kier molecular flexibility index (Phi) is 14.9. The Morgan fingerprint density at radius 1 is 0.848 bits per heavy atom. The van der Waals surface area contributed by atoms with E-state index in [0.29, 0.717) is 29.8 Å². The minimum Gasteiger partial charge on any atom is -0.486 e. The van der Waals surface area contributed by atoms with Gasteiger partial charge in [0.1, 0.15) is 26.4 Å². The number of allylic oxidation sites excluding steroid dienone is 1. The number of halogens is 2. The summed E-state index contributed by atoms with van der Waals surface area (Å²) in [5.74, 6) is 0.284. The van der Waals surface area contributed by atoms with Crippen molar-refractivity contribution in [3.05, 3.63) is 84.0 Å². The Balaban J connectivity index is 1.72. The number of benzene rings is 2. The maximum atomic E-state index is 12.4. The maximum Gasteiger partial charge on any atom is 0.335 e. The van der Waals surface area contributed by atoms with Crippen molar-refractivity contribution >= 4 is 11.9 Å². The molecule has 0 bridgehead atoms. The van der Waals surface area contributed by atoms with Crippen molar-refractivity contribution in [3.8, 4) is 22.6 Å². The minimum atomic E-state index is -1.60. The molecule has 8 nitrogen and oxygen atoms in total. The molecule has 3 rings (SSSR count). The predicted octanol–water partition coefficient (Wildman–Crippen LogP) is 6.69. The van der Waals surface area contributed by atoms with E-state index in [9.17, 15) is 18.4 Å². The third-order valence-electron chi connectivity index (χ3n) is 8.06. The number of aliphatic hydroxyl groups excluding tert-OH is 2. The molecule has 0 atom stereocenters. The number of aliphatic hydroxyl groups is 2. The van der Waals surface area contributed by atoms with Gasteiger partial charge in [-0.2, -0.15) is 8.78 Å². The first-order valence-electron chi connectivity index (χ1n) is 15.6. The minimum absolute atomic E-state index is 0.0107. The number of carbonyl (C=O) groups is 2. The van der Waals surface area contributed by atoms with E-state index >= 15 is 0 Å². The van der Waals surface area contributed by atoms with Gasteiger partial charge >= 0.3 is 11.9 Å². The Morgan fingerprint density at radius 2 is 1.46 bits per heavy atom. The van der Waals surface area contributed by atoms with Gasteiger partial charge in [-0.05, 0) is 97.2 Å². The molecule has 1 fully saturated rings. The molecule has 1 aliphatic carbocycles. The fraction of sp³-hybridized carbons (Fsp3) is 0.444. The van der Waals surface area contributed by atoms with Crippen molar-refractivity contribution in [1.29, 1.82) is 0 Å². The molecule has 0 spiro atoms. The van der Waals surface area contributed by atoms with Gasteiger partial charge in [0.25, 0.3) is 6.08 Å². The second-order valence-electron chi connectivity index (χ2n) is 11.2. The summed E-state index contributed by atoms with van der Waals surface area (Å²) >= 11 is 0. The molecule has 2 aromatic carbocycles. The highest BCUT2D eigenvalue weighted by atomic mass is 19.3. The van der Waals surface area contributed by atoms with Gasteiger partial charge in [-0.1, -0.05) is 44.3 Å². The van der Waals surface area contributed by atoms with E-state index in [1.807, 2.05) is 12.1 Å².